The van der Waals surface area contributed by atoms with E-state index in [0.717, 1.165) is 0 Å². The van der Waals surface area contributed by atoms with Crippen LogP contribution in [0.2, 0.25) is 5.02 Å². The molecule has 0 saturated carbocycles. The summed E-state index contributed by atoms with van der Waals surface area (Å²) in [5, 5.41) is 13.1. The first-order chi connectivity index (χ1) is 16.0. The van der Waals surface area contributed by atoms with Gasteiger partial charge in [0.1, 0.15) is 5.71 Å². The van der Waals surface area contributed by atoms with Gasteiger partial charge in [-0.1, -0.05) is 41.9 Å². The molecule has 0 aromatic heterocycles. The summed E-state index contributed by atoms with van der Waals surface area (Å²) in [7, 11) is 0. The molecule has 3 rings (SSSR count). The smallest absolute Gasteiger partial charge is 0.366 e. The van der Waals surface area contributed by atoms with Crippen molar-refractivity contribution in [1.82, 2.24) is 0 Å². The summed E-state index contributed by atoms with van der Waals surface area (Å²) >= 11 is 6.11. The fourth-order valence-corrected chi connectivity index (χ4v) is 3.06. The molecule has 0 aliphatic carbocycles. The molecule has 0 radical (unpaired) electrons. The van der Waals surface area contributed by atoms with E-state index < -0.39 is 23.7 Å². The molecule has 5 N–H and O–H groups in total. The van der Waals surface area contributed by atoms with E-state index in [1.807, 2.05) is 0 Å². The number of primary amides is 1. The molecule has 0 bridgehead atoms. The lowest BCUT2D eigenvalue weighted by Gasteiger charge is -2.15. The Morgan fingerprint density at radius 3 is 2.15 bits per heavy atom. The molecule has 3 aromatic carbocycles. The highest BCUT2D eigenvalue weighted by molar-refractivity contribution is 6.33. The zero-order valence-corrected chi connectivity index (χ0v) is 18.2. The Bertz CT molecular complexity index is 1270. The van der Waals surface area contributed by atoms with Gasteiger partial charge in [-0.15, -0.1) is 0 Å². The third kappa shape index (κ3) is 6.23. The second kappa shape index (κ2) is 10.2. The van der Waals surface area contributed by atoms with Gasteiger partial charge in [0.05, 0.1) is 10.7 Å². The Labute approximate surface area is 197 Å². The molecule has 174 valence electrons. The first-order valence-electron chi connectivity index (χ1n) is 9.75. The van der Waals surface area contributed by atoms with E-state index in [9.17, 15) is 22.8 Å². The van der Waals surface area contributed by atoms with Crippen LogP contribution in [0.5, 0.6) is 0 Å². The molecule has 0 saturated heterocycles. The first kappa shape index (κ1) is 24.5. The number of para-hydroxylation sites is 1. The van der Waals surface area contributed by atoms with E-state index in [4.69, 9.17) is 22.7 Å². The van der Waals surface area contributed by atoms with Gasteiger partial charge in [0.25, 0.3) is 5.91 Å². The number of nitrogens with two attached hydrogens (primary N) is 1. The molecule has 0 aliphatic heterocycles. The molecule has 0 spiro atoms. The summed E-state index contributed by atoms with van der Waals surface area (Å²) in [5.41, 5.74) is 5.09. The molecule has 3 aromatic rings. The van der Waals surface area contributed by atoms with Crippen molar-refractivity contribution in [2.45, 2.75) is 6.18 Å². The van der Waals surface area contributed by atoms with Crippen LogP contribution in [-0.2, 0) is 0 Å². The fourth-order valence-electron chi connectivity index (χ4n) is 2.88. The summed E-state index contributed by atoms with van der Waals surface area (Å²) in [5.74, 6) is -1.14. The van der Waals surface area contributed by atoms with Gasteiger partial charge in [0.2, 0.25) is 5.91 Å². The van der Waals surface area contributed by atoms with Crippen LogP contribution in [0.4, 0.5) is 24.5 Å². The highest BCUT2D eigenvalue weighted by Crippen LogP contribution is 2.27. The summed E-state index contributed by atoms with van der Waals surface area (Å²) < 4.78 is 39.0. The minimum Gasteiger partial charge on any atom is -0.366 e. The molecule has 0 fully saturated rings. The first-order valence-corrected chi connectivity index (χ1v) is 10.1. The highest BCUT2D eigenvalue weighted by atomic mass is 35.5. The largest absolute Gasteiger partial charge is 0.432 e. The Balaban J connectivity index is 1.87. The van der Waals surface area contributed by atoms with Crippen molar-refractivity contribution >= 4 is 46.2 Å². The maximum Gasteiger partial charge on any atom is 0.432 e. The average Bonchev–Trinajstić information content (AvgIpc) is 2.79. The second-order valence-electron chi connectivity index (χ2n) is 7.05. The molecule has 0 heterocycles. The summed E-state index contributed by atoms with van der Waals surface area (Å²) in [6.45, 7) is 0. The van der Waals surface area contributed by atoms with Gasteiger partial charge in [-0.25, -0.2) is 0 Å². The molecular weight excluding hydrogens is 469 g/mol. The minimum atomic E-state index is -4.84. The molecule has 0 aliphatic rings. The molecule has 2 amide bonds. The van der Waals surface area contributed by atoms with E-state index in [0.29, 0.717) is 23.0 Å². The van der Waals surface area contributed by atoms with E-state index in [1.165, 1.54) is 36.4 Å². The van der Waals surface area contributed by atoms with Crippen LogP contribution in [-0.4, -0.2) is 23.7 Å². The van der Waals surface area contributed by atoms with E-state index in [1.54, 1.807) is 36.4 Å². The van der Waals surface area contributed by atoms with Gasteiger partial charge in [0, 0.05) is 22.5 Å². The summed E-state index contributed by atoms with van der Waals surface area (Å²) in [6, 6.07) is 18.2. The van der Waals surface area contributed by atoms with Crippen molar-refractivity contribution in [1.29, 1.82) is 5.41 Å². The van der Waals surface area contributed by atoms with E-state index in [-0.39, 0.29) is 21.8 Å². The topological polar surface area (TPSA) is 108 Å². The van der Waals surface area contributed by atoms with Crippen molar-refractivity contribution in [3.63, 3.8) is 0 Å². The summed E-state index contributed by atoms with van der Waals surface area (Å²) in [4.78, 5) is 23.9. The molecule has 10 heteroatoms. The minimum absolute atomic E-state index is 0.0310. The van der Waals surface area contributed by atoms with Gasteiger partial charge < -0.3 is 16.4 Å². The lowest BCUT2D eigenvalue weighted by molar-refractivity contribution is -0.0583. The van der Waals surface area contributed by atoms with Crippen LogP contribution in [0, 0.1) is 5.41 Å². The molecule has 0 unspecified atom stereocenters. The average molecular weight is 487 g/mol. The highest BCUT2D eigenvalue weighted by Gasteiger charge is 2.33. The number of benzene rings is 3. The van der Waals surface area contributed by atoms with Gasteiger partial charge >= 0.3 is 6.18 Å². The molecule has 6 nitrogen and oxygen atoms in total. The molecule has 34 heavy (non-hydrogen) atoms. The third-order valence-electron chi connectivity index (χ3n) is 4.60. The van der Waals surface area contributed by atoms with Gasteiger partial charge in [-0.05, 0) is 54.1 Å². The number of amides is 2. The van der Waals surface area contributed by atoms with Crippen LogP contribution < -0.4 is 16.4 Å². The SMILES string of the molecule is N=C(/C=C(\Nc1ccccc1Cl)c1ccc(C(=O)Nc2cccc(C(N)=O)c2)cc1)C(F)(F)F. The van der Waals surface area contributed by atoms with Crippen LogP contribution >= 0.6 is 11.6 Å². The number of anilines is 2. The van der Waals surface area contributed by atoms with Crippen molar-refractivity contribution < 1.29 is 22.8 Å². The summed E-state index contributed by atoms with van der Waals surface area (Å²) in [6.07, 6.45) is -4.19. The molecular formula is C24H18ClF3N4O2. The number of rotatable bonds is 7. The van der Waals surface area contributed by atoms with Crippen LogP contribution in [0.3, 0.4) is 0 Å². The van der Waals surface area contributed by atoms with Crippen LogP contribution in [0.1, 0.15) is 26.3 Å². The van der Waals surface area contributed by atoms with E-state index >= 15 is 0 Å². The van der Waals surface area contributed by atoms with Crippen LogP contribution in [0.15, 0.2) is 78.9 Å². The standard InChI is InChI=1S/C24H18ClF3N4O2/c25-18-6-1-2-7-19(18)32-20(13-21(29)24(26,27)28)14-8-10-15(11-9-14)23(34)31-17-5-3-4-16(12-17)22(30)33/h1-13,29,32H,(H2,30,33)(H,31,34)/b20-13-,29-21?. The van der Waals surface area contributed by atoms with Gasteiger partial charge in [0.15, 0.2) is 0 Å². The molecule has 0 atom stereocenters. The normalized spacial score (nSPS) is 11.6. The predicted molar refractivity (Wildman–Crippen MR) is 126 cm³/mol. The Kier molecular flexibility index (Phi) is 7.37. The number of hydrogen-bond donors (Lipinski definition) is 4. The van der Waals surface area contributed by atoms with Crippen molar-refractivity contribution in [3.05, 3.63) is 101 Å². The maximum atomic E-state index is 13.0. The number of nitrogens with one attached hydrogen (secondary N) is 3. The van der Waals surface area contributed by atoms with Crippen LogP contribution in [0.25, 0.3) is 5.70 Å². The Morgan fingerprint density at radius 1 is 0.882 bits per heavy atom. The number of carbonyl (C=O) groups is 2. The monoisotopic (exact) mass is 486 g/mol. The number of carbonyl (C=O) groups excluding carboxylic acids is 2. The van der Waals surface area contributed by atoms with Gasteiger partial charge in [-0.2, -0.15) is 13.2 Å². The Hall–Kier alpha value is -4.11. The lowest BCUT2D eigenvalue weighted by Crippen LogP contribution is -2.20. The number of halogens is 4. The number of alkyl halides is 3. The van der Waals surface area contributed by atoms with E-state index in [2.05, 4.69) is 10.6 Å². The van der Waals surface area contributed by atoms with Crippen molar-refractivity contribution in [3.8, 4) is 0 Å². The van der Waals surface area contributed by atoms with Crippen molar-refractivity contribution in [2.24, 2.45) is 5.73 Å². The maximum absolute atomic E-state index is 13.0. The zero-order valence-electron chi connectivity index (χ0n) is 17.4. The second-order valence-corrected chi connectivity index (χ2v) is 7.46. The van der Waals surface area contributed by atoms with Crippen molar-refractivity contribution in [2.75, 3.05) is 10.6 Å². The predicted octanol–water partition coefficient (Wildman–Crippen LogP) is 5.73. The third-order valence-corrected chi connectivity index (χ3v) is 4.93. The Morgan fingerprint density at radius 2 is 1.53 bits per heavy atom. The lowest BCUT2D eigenvalue weighted by atomic mass is 10.1. The van der Waals surface area contributed by atoms with Gasteiger partial charge in [-0.3, -0.25) is 15.0 Å². The fraction of sp³-hybridized carbons (Fsp3) is 0.0417. The quantitative estimate of drug-likeness (QED) is 0.320. The number of hydrogen-bond acceptors (Lipinski definition) is 4. The number of allylic oxidation sites excluding steroid dienone is 1. The zero-order chi connectivity index (χ0) is 24.9.